The summed E-state index contributed by atoms with van der Waals surface area (Å²) in [7, 11) is 2.18. The molecule has 5 heteroatoms. The van der Waals surface area contributed by atoms with Crippen LogP contribution < -0.4 is 10.2 Å². The van der Waals surface area contributed by atoms with Gasteiger partial charge in [-0.2, -0.15) is 0 Å². The van der Waals surface area contributed by atoms with E-state index >= 15 is 0 Å². The van der Waals surface area contributed by atoms with E-state index in [1.165, 1.54) is 32.4 Å². The molecule has 2 N–H and O–H groups in total. The third-order valence-electron chi connectivity index (χ3n) is 5.13. The maximum Gasteiger partial charge on any atom is 0.142 e. The van der Waals surface area contributed by atoms with Crippen LogP contribution in [-0.2, 0) is 0 Å². The molecule has 5 nitrogen and oxygen atoms in total. The summed E-state index contributed by atoms with van der Waals surface area (Å²) < 4.78 is 0. The molecular formula is C15H21N5. The first-order valence-corrected chi connectivity index (χ1v) is 7.54. The molecule has 1 saturated carbocycles. The van der Waals surface area contributed by atoms with Crippen molar-refractivity contribution < 1.29 is 0 Å². The van der Waals surface area contributed by atoms with Gasteiger partial charge in [0.05, 0.1) is 5.39 Å². The molecule has 1 saturated heterocycles. The molecule has 2 aromatic heterocycles. The van der Waals surface area contributed by atoms with Crippen molar-refractivity contribution in [2.45, 2.75) is 25.3 Å². The minimum Gasteiger partial charge on any atom is -0.356 e. The van der Waals surface area contributed by atoms with Gasteiger partial charge in [0.15, 0.2) is 0 Å². The van der Waals surface area contributed by atoms with Crippen LogP contribution in [0.3, 0.4) is 0 Å². The summed E-state index contributed by atoms with van der Waals surface area (Å²) in [4.78, 5) is 14.3. The molecule has 1 aliphatic heterocycles. The summed E-state index contributed by atoms with van der Waals surface area (Å²) >= 11 is 0. The lowest BCUT2D eigenvalue weighted by Gasteiger charge is -2.26. The molecule has 20 heavy (non-hydrogen) atoms. The third-order valence-corrected chi connectivity index (χ3v) is 5.13. The number of anilines is 1. The number of hydrogen-bond donors (Lipinski definition) is 2. The van der Waals surface area contributed by atoms with E-state index in [0.29, 0.717) is 6.04 Å². The van der Waals surface area contributed by atoms with Crippen molar-refractivity contribution in [1.29, 1.82) is 0 Å². The summed E-state index contributed by atoms with van der Waals surface area (Å²) in [6.07, 6.45) is 7.52. The number of H-pyrrole nitrogens is 1. The first-order chi connectivity index (χ1) is 9.83. The molecule has 4 rings (SSSR count). The van der Waals surface area contributed by atoms with Crippen LogP contribution in [0.25, 0.3) is 11.0 Å². The smallest absolute Gasteiger partial charge is 0.142 e. The van der Waals surface area contributed by atoms with E-state index in [4.69, 9.17) is 0 Å². The Kier molecular flexibility index (Phi) is 2.88. The van der Waals surface area contributed by atoms with Crippen LogP contribution in [0.4, 0.5) is 5.82 Å². The lowest BCUT2D eigenvalue weighted by molar-refractivity contribution is 0.295. The fraction of sp³-hybridized carbons (Fsp3) is 0.600. The molecule has 1 aliphatic carbocycles. The van der Waals surface area contributed by atoms with Gasteiger partial charge in [-0.25, -0.2) is 9.97 Å². The fourth-order valence-electron chi connectivity index (χ4n) is 3.99. The Morgan fingerprint density at radius 1 is 1.25 bits per heavy atom. The molecule has 0 spiro atoms. The highest BCUT2D eigenvalue weighted by Crippen LogP contribution is 2.39. The Morgan fingerprint density at radius 2 is 2.15 bits per heavy atom. The van der Waals surface area contributed by atoms with Gasteiger partial charge in [-0.3, -0.25) is 0 Å². The van der Waals surface area contributed by atoms with Crippen LogP contribution >= 0.6 is 0 Å². The molecule has 0 unspecified atom stereocenters. The van der Waals surface area contributed by atoms with Gasteiger partial charge >= 0.3 is 0 Å². The summed E-state index contributed by atoms with van der Waals surface area (Å²) in [6, 6.07) is 2.68. The van der Waals surface area contributed by atoms with Crippen molar-refractivity contribution in [1.82, 2.24) is 20.3 Å². The van der Waals surface area contributed by atoms with Crippen LogP contribution in [-0.4, -0.2) is 41.1 Å². The van der Waals surface area contributed by atoms with E-state index in [9.17, 15) is 0 Å². The highest BCUT2D eigenvalue weighted by molar-refractivity contribution is 5.87. The maximum absolute atomic E-state index is 4.52. The van der Waals surface area contributed by atoms with Crippen LogP contribution in [0.15, 0.2) is 18.6 Å². The number of hydrogen-bond acceptors (Lipinski definition) is 4. The SMILES string of the molecule is CN(c1ncnc2[nH]ccc12)[C@@H]1C[C@H]2CNCC[C@H]2C1. The molecule has 0 amide bonds. The van der Waals surface area contributed by atoms with Gasteiger partial charge < -0.3 is 15.2 Å². The van der Waals surface area contributed by atoms with Gasteiger partial charge in [-0.05, 0) is 50.3 Å². The third kappa shape index (κ3) is 1.88. The Hall–Kier alpha value is -1.62. The number of aromatic amines is 1. The van der Waals surface area contributed by atoms with Crippen molar-refractivity contribution in [2.75, 3.05) is 25.0 Å². The van der Waals surface area contributed by atoms with E-state index in [0.717, 1.165) is 28.7 Å². The molecule has 2 aromatic rings. The quantitative estimate of drug-likeness (QED) is 0.874. The average molecular weight is 271 g/mol. The number of fused-ring (bicyclic) bond motifs is 2. The summed E-state index contributed by atoms with van der Waals surface area (Å²) in [6.45, 7) is 2.38. The van der Waals surface area contributed by atoms with E-state index in [1.807, 2.05) is 6.20 Å². The molecule has 2 fully saturated rings. The van der Waals surface area contributed by atoms with Crippen molar-refractivity contribution >= 4 is 16.9 Å². The number of nitrogens with one attached hydrogen (secondary N) is 2. The lowest BCUT2D eigenvalue weighted by atomic mass is 9.90. The topological polar surface area (TPSA) is 56.8 Å². The zero-order valence-corrected chi connectivity index (χ0v) is 11.8. The van der Waals surface area contributed by atoms with E-state index in [-0.39, 0.29) is 0 Å². The molecule has 2 aliphatic rings. The molecule has 106 valence electrons. The summed E-state index contributed by atoms with van der Waals surface area (Å²) in [5.41, 5.74) is 0.930. The van der Waals surface area contributed by atoms with Crippen LogP contribution in [0.5, 0.6) is 0 Å². The second-order valence-electron chi connectivity index (χ2n) is 6.19. The van der Waals surface area contributed by atoms with Gasteiger partial charge in [-0.15, -0.1) is 0 Å². The van der Waals surface area contributed by atoms with Gasteiger partial charge in [-0.1, -0.05) is 0 Å². The maximum atomic E-state index is 4.52. The monoisotopic (exact) mass is 271 g/mol. The number of nitrogens with zero attached hydrogens (tertiary/aromatic N) is 3. The predicted octanol–water partition coefficient (Wildman–Crippen LogP) is 1.78. The highest BCUT2D eigenvalue weighted by Gasteiger charge is 2.37. The zero-order chi connectivity index (χ0) is 13.5. The van der Waals surface area contributed by atoms with Crippen LogP contribution in [0.2, 0.25) is 0 Å². The van der Waals surface area contributed by atoms with Crippen LogP contribution in [0.1, 0.15) is 19.3 Å². The normalized spacial score (nSPS) is 29.6. The minimum atomic E-state index is 0.609. The van der Waals surface area contributed by atoms with Crippen molar-refractivity contribution in [2.24, 2.45) is 11.8 Å². The first-order valence-electron chi connectivity index (χ1n) is 7.54. The second kappa shape index (κ2) is 4.74. The van der Waals surface area contributed by atoms with E-state index in [2.05, 4.69) is 38.3 Å². The summed E-state index contributed by atoms with van der Waals surface area (Å²) in [5, 5.41) is 4.66. The molecular weight excluding hydrogens is 250 g/mol. The molecule has 3 heterocycles. The predicted molar refractivity (Wildman–Crippen MR) is 79.8 cm³/mol. The van der Waals surface area contributed by atoms with Crippen LogP contribution in [0, 0.1) is 11.8 Å². The average Bonchev–Trinajstić information content (AvgIpc) is 3.12. The summed E-state index contributed by atoms with van der Waals surface area (Å²) in [5.74, 6) is 2.81. The molecule has 0 aromatic carbocycles. The van der Waals surface area contributed by atoms with E-state index in [1.54, 1.807) is 6.33 Å². The lowest BCUT2D eigenvalue weighted by Crippen LogP contribution is -2.33. The standard InChI is InChI=1S/C15H21N5/c1-20(12-6-10-2-4-16-8-11(10)7-12)15-13-3-5-17-14(13)18-9-19-15/h3,5,9-12,16H,2,4,6-8H2,1H3,(H,17,18,19)/t10-,11-,12-/m0/s1. The first kappa shape index (κ1) is 12.1. The van der Waals surface area contributed by atoms with Crippen molar-refractivity contribution in [3.8, 4) is 0 Å². The van der Waals surface area contributed by atoms with Crippen molar-refractivity contribution in [3.63, 3.8) is 0 Å². The molecule has 0 radical (unpaired) electrons. The molecule has 3 atom stereocenters. The minimum absolute atomic E-state index is 0.609. The van der Waals surface area contributed by atoms with Gasteiger partial charge in [0.25, 0.3) is 0 Å². The van der Waals surface area contributed by atoms with Crippen molar-refractivity contribution in [3.05, 3.63) is 18.6 Å². The number of rotatable bonds is 2. The largest absolute Gasteiger partial charge is 0.356 e. The van der Waals surface area contributed by atoms with Gasteiger partial charge in [0.2, 0.25) is 0 Å². The Labute approximate surface area is 118 Å². The Bertz CT molecular complexity index is 593. The van der Waals surface area contributed by atoms with Gasteiger partial charge in [0.1, 0.15) is 17.8 Å². The number of aromatic nitrogens is 3. The number of piperidine rings is 1. The van der Waals surface area contributed by atoms with Gasteiger partial charge in [0, 0.05) is 19.3 Å². The zero-order valence-electron chi connectivity index (χ0n) is 11.8. The Morgan fingerprint density at radius 3 is 3.05 bits per heavy atom. The Balaban J connectivity index is 1.61. The highest BCUT2D eigenvalue weighted by atomic mass is 15.2. The van der Waals surface area contributed by atoms with E-state index < -0.39 is 0 Å². The fourth-order valence-corrected chi connectivity index (χ4v) is 3.99. The second-order valence-corrected chi connectivity index (χ2v) is 6.19. The molecule has 0 bridgehead atoms.